The molecular weight excluding hydrogens is 444 g/mol. The van der Waals surface area contributed by atoms with Crippen molar-refractivity contribution in [2.24, 2.45) is 0 Å². The molecule has 1 amide bonds. The minimum atomic E-state index is -0.653. The van der Waals surface area contributed by atoms with Crippen molar-refractivity contribution in [1.82, 2.24) is 19.7 Å². The Labute approximate surface area is 201 Å². The number of anilines is 3. The molecule has 3 aliphatic rings. The molecule has 2 atom stereocenters. The van der Waals surface area contributed by atoms with Crippen molar-refractivity contribution in [1.29, 1.82) is 0 Å². The molecule has 2 N–H and O–H groups in total. The number of methoxy groups -OCH3 is 2. The molecule has 2 aliphatic carbocycles. The van der Waals surface area contributed by atoms with Gasteiger partial charge >= 0.3 is 0 Å². The fourth-order valence-corrected chi connectivity index (χ4v) is 5.29. The van der Waals surface area contributed by atoms with Crippen molar-refractivity contribution in [3.63, 3.8) is 0 Å². The Morgan fingerprint density at radius 3 is 2.77 bits per heavy atom. The molecule has 2 aromatic carbocycles. The van der Waals surface area contributed by atoms with Crippen molar-refractivity contribution in [3.05, 3.63) is 59.9 Å². The molecule has 35 heavy (non-hydrogen) atoms. The fourth-order valence-electron chi connectivity index (χ4n) is 5.29. The Kier molecular flexibility index (Phi) is 4.15. The van der Waals surface area contributed by atoms with Crippen molar-refractivity contribution in [2.45, 2.75) is 36.6 Å². The van der Waals surface area contributed by atoms with Crippen molar-refractivity contribution in [3.8, 4) is 11.6 Å². The fraction of sp³-hybridized carbons (Fsp3) is 0.308. The summed E-state index contributed by atoms with van der Waals surface area (Å²) in [7, 11) is 3.22. The lowest BCUT2D eigenvalue weighted by atomic mass is 9.96. The molecular formula is C26H24N6O3. The highest BCUT2D eigenvalue weighted by Gasteiger charge is 2.66. The maximum absolute atomic E-state index is 13.2. The highest BCUT2D eigenvalue weighted by atomic mass is 16.5. The molecule has 4 aromatic rings. The van der Waals surface area contributed by atoms with Gasteiger partial charge in [-0.3, -0.25) is 9.48 Å². The number of hydrogen-bond acceptors (Lipinski definition) is 7. The van der Waals surface area contributed by atoms with Crippen LogP contribution in [0.25, 0.3) is 10.9 Å². The van der Waals surface area contributed by atoms with Gasteiger partial charge in [0.05, 0.1) is 37.7 Å². The van der Waals surface area contributed by atoms with Crippen LogP contribution in [0.5, 0.6) is 11.6 Å². The van der Waals surface area contributed by atoms with Gasteiger partial charge in [0.15, 0.2) is 11.6 Å². The number of carbonyl (C=O) groups is 1. The van der Waals surface area contributed by atoms with Gasteiger partial charge in [0, 0.05) is 17.0 Å². The van der Waals surface area contributed by atoms with Crippen molar-refractivity contribution in [2.75, 3.05) is 24.9 Å². The summed E-state index contributed by atoms with van der Waals surface area (Å²) >= 11 is 0. The number of nitrogens with one attached hydrogen (secondary N) is 2. The summed E-state index contributed by atoms with van der Waals surface area (Å²) < 4.78 is 12.9. The molecule has 2 saturated carbocycles. The lowest BCUT2D eigenvalue weighted by Crippen LogP contribution is -2.23. The van der Waals surface area contributed by atoms with Crippen LogP contribution in [-0.4, -0.2) is 39.9 Å². The second-order valence-electron chi connectivity index (χ2n) is 9.42. The number of fused-ring (bicyclic) bond motifs is 3. The molecule has 0 unspecified atom stereocenters. The van der Waals surface area contributed by atoms with Gasteiger partial charge in [0.1, 0.15) is 11.2 Å². The van der Waals surface area contributed by atoms with E-state index in [-0.39, 0.29) is 11.9 Å². The van der Waals surface area contributed by atoms with Crippen LogP contribution in [0.3, 0.4) is 0 Å². The summed E-state index contributed by atoms with van der Waals surface area (Å²) in [6.07, 6.45) is 4.73. The molecule has 1 aliphatic heterocycles. The van der Waals surface area contributed by atoms with Gasteiger partial charge in [-0.2, -0.15) is 5.10 Å². The predicted octanol–water partition coefficient (Wildman–Crippen LogP) is 4.30. The van der Waals surface area contributed by atoms with E-state index in [0.717, 1.165) is 46.4 Å². The third kappa shape index (κ3) is 2.94. The Morgan fingerprint density at radius 1 is 1.11 bits per heavy atom. The maximum atomic E-state index is 13.2. The highest BCUT2D eigenvalue weighted by molar-refractivity contribution is 6.09. The molecule has 2 aromatic heterocycles. The number of ether oxygens (including phenoxy) is 2. The summed E-state index contributed by atoms with van der Waals surface area (Å²) in [6.45, 7) is 0. The van der Waals surface area contributed by atoms with E-state index < -0.39 is 5.41 Å². The first-order valence-electron chi connectivity index (χ1n) is 11.8. The smallest absolute Gasteiger partial charge is 0.257 e. The zero-order chi connectivity index (χ0) is 23.7. The molecule has 0 saturated heterocycles. The minimum absolute atomic E-state index is 0.00418. The molecule has 0 bridgehead atoms. The highest BCUT2D eigenvalue weighted by Crippen LogP contribution is 2.63. The monoisotopic (exact) mass is 468 g/mol. The third-order valence-electron chi connectivity index (χ3n) is 7.38. The number of amides is 1. The van der Waals surface area contributed by atoms with E-state index >= 15 is 0 Å². The number of aromatic nitrogens is 4. The van der Waals surface area contributed by atoms with E-state index in [1.54, 1.807) is 20.4 Å². The van der Waals surface area contributed by atoms with Crippen LogP contribution in [-0.2, 0) is 10.2 Å². The maximum Gasteiger partial charge on any atom is 0.257 e. The van der Waals surface area contributed by atoms with Gasteiger partial charge in [-0.1, -0.05) is 12.1 Å². The Balaban J connectivity index is 1.30. The van der Waals surface area contributed by atoms with E-state index in [1.807, 2.05) is 47.1 Å². The first kappa shape index (κ1) is 20.3. The van der Waals surface area contributed by atoms with Gasteiger partial charge in [-0.15, -0.1) is 0 Å². The number of rotatable bonds is 6. The first-order chi connectivity index (χ1) is 17.1. The van der Waals surface area contributed by atoms with Gasteiger partial charge in [-0.05, 0) is 55.2 Å². The normalized spacial score (nSPS) is 22.2. The second-order valence-corrected chi connectivity index (χ2v) is 9.42. The number of benzene rings is 2. The molecule has 1 spiro atoms. The molecule has 7 rings (SSSR count). The average molecular weight is 469 g/mol. The van der Waals surface area contributed by atoms with Crippen molar-refractivity contribution < 1.29 is 14.3 Å². The number of nitrogens with zero attached hydrogens (tertiary/aromatic N) is 4. The van der Waals surface area contributed by atoms with Crippen LogP contribution in [0, 0.1) is 0 Å². The Morgan fingerprint density at radius 2 is 1.97 bits per heavy atom. The lowest BCUT2D eigenvalue weighted by Gasteiger charge is -2.11. The number of hydrogen-bond donors (Lipinski definition) is 2. The molecule has 0 radical (unpaired) electrons. The third-order valence-corrected chi connectivity index (χ3v) is 7.38. The summed E-state index contributed by atoms with van der Waals surface area (Å²) in [4.78, 5) is 22.4. The van der Waals surface area contributed by atoms with Crippen LogP contribution in [0.1, 0.15) is 42.5 Å². The van der Waals surface area contributed by atoms with E-state index in [0.29, 0.717) is 29.9 Å². The first-order valence-corrected chi connectivity index (χ1v) is 11.8. The van der Waals surface area contributed by atoms with Crippen LogP contribution in [0.2, 0.25) is 0 Å². The van der Waals surface area contributed by atoms with Gasteiger partial charge in [0.25, 0.3) is 5.88 Å². The minimum Gasteiger partial charge on any atom is -0.497 e. The van der Waals surface area contributed by atoms with Crippen molar-refractivity contribution >= 4 is 34.1 Å². The van der Waals surface area contributed by atoms with E-state index in [1.165, 1.54) is 0 Å². The predicted molar refractivity (Wildman–Crippen MR) is 131 cm³/mol. The molecule has 9 nitrogen and oxygen atoms in total. The zero-order valence-corrected chi connectivity index (χ0v) is 19.4. The van der Waals surface area contributed by atoms with E-state index in [9.17, 15) is 4.79 Å². The average Bonchev–Trinajstić information content (AvgIpc) is 3.80. The summed E-state index contributed by atoms with van der Waals surface area (Å²) in [6, 6.07) is 13.6. The van der Waals surface area contributed by atoms with Crippen LogP contribution in [0.4, 0.5) is 17.3 Å². The number of para-hydroxylation sites is 1. The largest absolute Gasteiger partial charge is 0.497 e. The zero-order valence-electron chi connectivity index (χ0n) is 19.4. The second kappa shape index (κ2) is 7.18. The summed E-state index contributed by atoms with van der Waals surface area (Å²) in [5.74, 6) is 2.84. The van der Waals surface area contributed by atoms with Gasteiger partial charge in [-0.25, -0.2) is 9.97 Å². The van der Waals surface area contributed by atoms with Crippen LogP contribution < -0.4 is 20.1 Å². The van der Waals surface area contributed by atoms with E-state index in [4.69, 9.17) is 19.6 Å². The Bertz CT molecular complexity index is 1510. The number of carbonyl (C=O) groups excluding carboxylic acids is 1. The topological polar surface area (TPSA) is 103 Å². The molecule has 3 heterocycles. The van der Waals surface area contributed by atoms with Gasteiger partial charge < -0.3 is 20.1 Å². The Hall–Kier alpha value is -4.14. The quantitative estimate of drug-likeness (QED) is 0.435. The molecule has 176 valence electrons. The van der Waals surface area contributed by atoms with Gasteiger partial charge in [0.2, 0.25) is 5.91 Å². The van der Waals surface area contributed by atoms with Crippen LogP contribution >= 0.6 is 0 Å². The molecule has 9 heteroatoms. The summed E-state index contributed by atoms with van der Waals surface area (Å²) in [5.41, 5.74) is 3.06. The standard InChI is InChI=1S/C26H24N6O3/c1-34-15-9-10-18-17(11-15)26(25(33)29-18)12-21(26)32-20-6-4-3-5-16(20)22(31-32)30-23-24(35-2)27-13-19(28-23)14-7-8-14/h3-6,9-11,13-14,21H,7-8,12H2,1-2H3,(H,29,33)(H,28,30,31)/t21-,26+/m0/s1. The lowest BCUT2D eigenvalue weighted by molar-refractivity contribution is -0.118. The SMILES string of the molecule is COc1ccc2c(c1)[C@@]1(C[C@@H]1n1nc(Nc3nc(C4CC4)cnc3OC)c3ccccc31)C(=O)N2. The summed E-state index contributed by atoms with van der Waals surface area (Å²) in [5, 5.41) is 12.3. The molecule has 2 fully saturated rings. The van der Waals surface area contributed by atoms with Crippen LogP contribution in [0.15, 0.2) is 48.7 Å². The van der Waals surface area contributed by atoms with E-state index in [2.05, 4.69) is 15.6 Å².